The molecule has 0 spiro atoms. The van der Waals surface area contributed by atoms with Crippen LogP contribution in [-0.2, 0) is 9.59 Å². The number of thioether (sulfide) groups is 1. The lowest BCUT2D eigenvalue weighted by molar-refractivity contribution is -0.140. The summed E-state index contributed by atoms with van der Waals surface area (Å²) >= 11 is 6.10. The van der Waals surface area contributed by atoms with Gasteiger partial charge in [-0.2, -0.15) is 0 Å². The summed E-state index contributed by atoms with van der Waals surface area (Å²) in [5, 5.41) is 8.87. The lowest BCUT2D eigenvalue weighted by Gasteiger charge is -2.13. The maximum atomic E-state index is 12.4. The standard InChI is InChI=1S/C15H15NO6S2/c1-20-8-4-10(21-2)9(11(5-8)22-3)6-12-14(19)16(7-13(17)18)15(23)24-12/h4-6H,7H2,1-3H3,(H,17,18)/b12-6+. The van der Waals surface area contributed by atoms with Crippen molar-refractivity contribution < 1.29 is 28.9 Å². The van der Waals surface area contributed by atoms with E-state index in [0.717, 1.165) is 16.7 Å². The van der Waals surface area contributed by atoms with E-state index in [9.17, 15) is 9.59 Å². The molecular formula is C15H15NO6S2. The van der Waals surface area contributed by atoms with Gasteiger partial charge in [0.25, 0.3) is 5.91 Å². The molecule has 0 atom stereocenters. The Bertz CT molecular complexity index is 706. The molecule has 1 aromatic carbocycles. The molecular weight excluding hydrogens is 354 g/mol. The molecule has 1 heterocycles. The summed E-state index contributed by atoms with van der Waals surface area (Å²) < 4.78 is 16.0. The van der Waals surface area contributed by atoms with Crippen LogP contribution in [0.5, 0.6) is 17.2 Å². The molecule has 128 valence electrons. The van der Waals surface area contributed by atoms with Crippen LogP contribution in [0.1, 0.15) is 5.56 Å². The molecule has 1 saturated heterocycles. The Morgan fingerprint density at radius 3 is 2.29 bits per heavy atom. The van der Waals surface area contributed by atoms with Gasteiger partial charge in [-0.3, -0.25) is 14.5 Å². The van der Waals surface area contributed by atoms with Crippen LogP contribution in [0, 0.1) is 0 Å². The van der Waals surface area contributed by atoms with Crippen molar-refractivity contribution in [2.24, 2.45) is 0 Å². The van der Waals surface area contributed by atoms with Crippen molar-refractivity contribution in [1.82, 2.24) is 4.90 Å². The Hall–Kier alpha value is -2.26. The Morgan fingerprint density at radius 1 is 1.25 bits per heavy atom. The number of rotatable bonds is 6. The summed E-state index contributed by atoms with van der Waals surface area (Å²) in [5.41, 5.74) is 0.539. The number of hydrogen-bond donors (Lipinski definition) is 1. The van der Waals surface area contributed by atoms with E-state index in [0.29, 0.717) is 27.7 Å². The largest absolute Gasteiger partial charge is 0.496 e. The zero-order chi connectivity index (χ0) is 17.9. The summed E-state index contributed by atoms with van der Waals surface area (Å²) in [6.45, 7) is -0.473. The highest BCUT2D eigenvalue weighted by atomic mass is 32.2. The highest BCUT2D eigenvalue weighted by Gasteiger charge is 2.33. The van der Waals surface area contributed by atoms with Gasteiger partial charge in [-0.25, -0.2) is 0 Å². The molecule has 0 saturated carbocycles. The first-order valence-electron chi connectivity index (χ1n) is 6.68. The van der Waals surface area contributed by atoms with Crippen molar-refractivity contribution in [2.75, 3.05) is 27.9 Å². The van der Waals surface area contributed by atoms with Gasteiger partial charge in [0.15, 0.2) is 0 Å². The van der Waals surface area contributed by atoms with Crippen molar-refractivity contribution >= 4 is 46.3 Å². The first kappa shape index (κ1) is 18.1. The molecule has 0 unspecified atom stereocenters. The van der Waals surface area contributed by atoms with Gasteiger partial charge in [-0.05, 0) is 6.08 Å². The van der Waals surface area contributed by atoms with Gasteiger partial charge in [0.05, 0.1) is 31.8 Å². The van der Waals surface area contributed by atoms with Crippen LogP contribution in [0.2, 0.25) is 0 Å². The van der Waals surface area contributed by atoms with E-state index in [4.69, 9.17) is 31.5 Å². The van der Waals surface area contributed by atoms with Gasteiger partial charge in [0, 0.05) is 12.1 Å². The highest BCUT2D eigenvalue weighted by Crippen LogP contribution is 2.39. The summed E-state index contributed by atoms with van der Waals surface area (Å²) in [6, 6.07) is 3.32. The number of thiocarbonyl (C=S) groups is 1. The number of carbonyl (C=O) groups excluding carboxylic acids is 1. The average molecular weight is 369 g/mol. The number of benzene rings is 1. The van der Waals surface area contributed by atoms with Crippen molar-refractivity contribution in [3.63, 3.8) is 0 Å². The molecule has 7 nitrogen and oxygen atoms in total. The maximum absolute atomic E-state index is 12.4. The van der Waals surface area contributed by atoms with Gasteiger partial charge in [0.2, 0.25) is 0 Å². The number of hydrogen-bond acceptors (Lipinski definition) is 7. The zero-order valence-electron chi connectivity index (χ0n) is 13.2. The third-order valence-corrected chi connectivity index (χ3v) is 4.57. The molecule has 0 aromatic heterocycles. The number of carboxylic acids is 1. The van der Waals surface area contributed by atoms with E-state index in [2.05, 4.69) is 0 Å². The van der Waals surface area contributed by atoms with Crippen LogP contribution in [0.15, 0.2) is 17.0 Å². The van der Waals surface area contributed by atoms with Gasteiger partial charge < -0.3 is 19.3 Å². The minimum absolute atomic E-state index is 0.195. The predicted octanol–water partition coefficient (Wildman–Crippen LogP) is 2.00. The molecule has 0 radical (unpaired) electrons. The maximum Gasteiger partial charge on any atom is 0.323 e. The Balaban J connectivity index is 2.46. The fourth-order valence-electron chi connectivity index (χ4n) is 2.08. The quantitative estimate of drug-likeness (QED) is 0.602. The number of ether oxygens (including phenoxy) is 3. The van der Waals surface area contributed by atoms with Crippen molar-refractivity contribution in [1.29, 1.82) is 0 Å². The molecule has 1 aliphatic rings. The molecule has 2 rings (SSSR count). The first-order valence-corrected chi connectivity index (χ1v) is 7.91. The lowest BCUT2D eigenvalue weighted by Crippen LogP contribution is -2.33. The van der Waals surface area contributed by atoms with Crippen molar-refractivity contribution in [2.45, 2.75) is 0 Å². The lowest BCUT2D eigenvalue weighted by atomic mass is 10.1. The molecule has 24 heavy (non-hydrogen) atoms. The fourth-order valence-corrected chi connectivity index (χ4v) is 3.31. The van der Waals surface area contributed by atoms with Crippen molar-refractivity contribution in [3.8, 4) is 17.2 Å². The van der Waals surface area contributed by atoms with Crippen LogP contribution in [0.3, 0.4) is 0 Å². The van der Waals surface area contributed by atoms with E-state index in [1.165, 1.54) is 21.3 Å². The monoisotopic (exact) mass is 369 g/mol. The second kappa shape index (κ2) is 7.54. The van der Waals surface area contributed by atoms with Gasteiger partial charge in [-0.15, -0.1) is 0 Å². The van der Waals surface area contributed by atoms with Crippen LogP contribution in [-0.4, -0.2) is 54.1 Å². The first-order chi connectivity index (χ1) is 11.4. The predicted molar refractivity (Wildman–Crippen MR) is 93.6 cm³/mol. The molecule has 1 N–H and O–H groups in total. The third-order valence-electron chi connectivity index (χ3n) is 3.20. The number of methoxy groups -OCH3 is 3. The zero-order valence-corrected chi connectivity index (χ0v) is 14.8. The number of aliphatic carboxylic acids is 1. The summed E-state index contributed by atoms with van der Waals surface area (Å²) in [7, 11) is 4.49. The molecule has 1 amide bonds. The molecule has 1 aliphatic heterocycles. The van der Waals surface area contributed by atoms with E-state index in [-0.39, 0.29) is 4.32 Å². The molecule has 9 heteroatoms. The van der Waals surface area contributed by atoms with E-state index < -0.39 is 18.4 Å². The SMILES string of the molecule is COc1cc(OC)c(/C=C2/SC(=S)N(CC(=O)O)C2=O)c(OC)c1. The van der Waals surface area contributed by atoms with E-state index in [1.807, 2.05) is 0 Å². The number of amides is 1. The Labute approximate surface area is 148 Å². The molecule has 1 aromatic rings. The summed E-state index contributed by atoms with van der Waals surface area (Å²) in [4.78, 5) is 24.5. The van der Waals surface area contributed by atoms with Gasteiger partial charge >= 0.3 is 5.97 Å². The molecule has 1 fully saturated rings. The Kier molecular flexibility index (Phi) is 5.68. The second-order valence-electron chi connectivity index (χ2n) is 4.61. The van der Waals surface area contributed by atoms with E-state index >= 15 is 0 Å². The Morgan fingerprint density at radius 2 is 1.83 bits per heavy atom. The topological polar surface area (TPSA) is 85.3 Å². The number of nitrogens with zero attached hydrogens (tertiary/aromatic N) is 1. The van der Waals surface area contributed by atoms with Gasteiger partial charge in [-0.1, -0.05) is 24.0 Å². The van der Waals surface area contributed by atoms with Crippen LogP contribution in [0.4, 0.5) is 0 Å². The summed E-state index contributed by atoms with van der Waals surface area (Å²) in [5.74, 6) is -0.150. The van der Waals surface area contributed by atoms with E-state index in [1.54, 1.807) is 18.2 Å². The number of carbonyl (C=O) groups is 2. The minimum atomic E-state index is -1.13. The highest BCUT2D eigenvalue weighted by molar-refractivity contribution is 8.26. The van der Waals surface area contributed by atoms with Gasteiger partial charge in [0.1, 0.15) is 28.1 Å². The smallest absolute Gasteiger partial charge is 0.323 e. The van der Waals surface area contributed by atoms with Crippen LogP contribution < -0.4 is 14.2 Å². The normalized spacial score (nSPS) is 15.8. The fraction of sp³-hybridized carbons (Fsp3) is 0.267. The average Bonchev–Trinajstić information content (AvgIpc) is 2.82. The van der Waals surface area contributed by atoms with Crippen LogP contribution >= 0.6 is 24.0 Å². The molecule has 0 aliphatic carbocycles. The second-order valence-corrected chi connectivity index (χ2v) is 6.28. The third kappa shape index (κ3) is 3.62. The van der Waals surface area contributed by atoms with Crippen molar-refractivity contribution in [3.05, 3.63) is 22.6 Å². The number of carboxylic acid groups (broad SMARTS) is 1. The molecule has 0 bridgehead atoms. The minimum Gasteiger partial charge on any atom is -0.496 e. The summed E-state index contributed by atoms with van der Waals surface area (Å²) in [6.07, 6.45) is 1.57. The van der Waals surface area contributed by atoms with Crippen LogP contribution in [0.25, 0.3) is 6.08 Å².